The Bertz CT molecular complexity index is 803. The first-order chi connectivity index (χ1) is 17.4. The van der Waals surface area contributed by atoms with E-state index in [1.807, 2.05) is 11.8 Å². The molecule has 36 heavy (non-hydrogen) atoms. The number of aliphatic hydroxyl groups is 1. The van der Waals surface area contributed by atoms with Gasteiger partial charge in [0.2, 0.25) is 11.8 Å². The van der Waals surface area contributed by atoms with E-state index in [0.717, 1.165) is 44.9 Å². The van der Waals surface area contributed by atoms with Gasteiger partial charge in [-0.05, 0) is 45.4 Å². The van der Waals surface area contributed by atoms with Crippen LogP contribution in [0, 0.1) is 11.8 Å². The smallest absolute Gasteiger partial charge is 0.312 e. The van der Waals surface area contributed by atoms with Crippen molar-refractivity contribution in [3.63, 3.8) is 0 Å². The lowest BCUT2D eigenvalue weighted by atomic mass is 9.65. The molecular weight excluding hydrogens is 460 g/mol. The summed E-state index contributed by atoms with van der Waals surface area (Å²) in [6, 6.07) is -0.748. The second-order valence-corrected chi connectivity index (χ2v) is 10.5. The highest BCUT2D eigenvalue weighted by Gasteiger charge is 2.79. The van der Waals surface area contributed by atoms with Gasteiger partial charge in [-0.3, -0.25) is 14.4 Å². The highest BCUT2D eigenvalue weighted by molar-refractivity contribution is 5.98. The molecule has 3 heterocycles. The molecule has 0 aromatic heterocycles. The molecule has 8 heteroatoms. The fourth-order valence-corrected chi connectivity index (χ4v) is 6.75. The lowest BCUT2D eigenvalue weighted by Crippen LogP contribution is -2.56. The second kappa shape index (κ2) is 12.5. The van der Waals surface area contributed by atoms with E-state index >= 15 is 0 Å². The van der Waals surface area contributed by atoms with Gasteiger partial charge in [-0.1, -0.05) is 45.6 Å². The first kappa shape index (κ1) is 28.6. The van der Waals surface area contributed by atoms with E-state index < -0.39 is 29.1 Å². The second-order valence-electron chi connectivity index (χ2n) is 10.5. The van der Waals surface area contributed by atoms with Gasteiger partial charge in [0.1, 0.15) is 17.6 Å². The molecule has 2 unspecified atom stereocenters. The molecule has 3 aliphatic rings. The summed E-state index contributed by atoms with van der Waals surface area (Å²) in [7, 11) is 0. The van der Waals surface area contributed by atoms with Crippen LogP contribution in [0.25, 0.3) is 0 Å². The summed E-state index contributed by atoms with van der Waals surface area (Å²) < 4.78 is 12.2. The van der Waals surface area contributed by atoms with Crippen LogP contribution < -0.4 is 0 Å². The van der Waals surface area contributed by atoms with E-state index in [4.69, 9.17) is 14.6 Å². The summed E-state index contributed by atoms with van der Waals surface area (Å²) in [5, 5.41) is 9.10. The third kappa shape index (κ3) is 5.08. The number of unbranched alkanes of at least 4 members (excludes halogenated alkanes) is 5. The number of fused-ring (bicyclic) bond motifs is 1. The van der Waals surface area contributed by atoms with Gasteiger partial charge in [0, 0.05) is 26.2 Å². The molecule has 3 rings (SSSR count). The summed E-state index contributed by atoms with van der Waals surface area (Å²) in [6.45, 7) is 11.6. The van der Waals surface area contributed by atoms with Crippen molar-refractivity contribution < 1.29 is 29.0 Å². The van der Waals surface area contributed by atoms with Gasteiger partial charge in [-0.25, -0.2) is 0 Å². The van der Waals surface area contributed by atoms with Crippen molar-refractivity contribution in [1.29, 1.82) is 0 Å². The molecule has 3 aliphatic heterocycles. The number of likely N-dealkylation sites (tertiary alicyclic amines) is 1. The van der Waals surface area contributed by atoms with Crippen molar-refractivity contribution in [2.24, 2.45) is 11.8 Å². The summed E-state index contributed by atoms with van der Waals surface area (Å²) in [5.74, 6) is -2.03. The van der Waals surface area contributed by atoms with Crippen molar-refractivity contribution in [1.82, 2.24) is 9.80 Å². The topological polar surface area (TPSA) is 96.4 Å². The summed E-state index contributed by atoms with van der Waals surface area (Å²) >= 11 is 0. The molecule has 8 nitrogen and oxygen atoms in total. The Kier molecular flexibility index (Phi) is 9.98. The number of carbonyl (C=O) groups is 3. The van der Waals surface area contributed by atoms with Crippen molar-refractivity contribution in [3.8, 4) is 0 Å². The number of amides is 2. The maximum absolute atomic E-state index is 14.2. The molecular formula is C28H46N2O6. The van der Waals surface area contributed by atoms with Gasteiger partial charge in [-0.2, -0.15) is 0 Å². The summed E-state index contributed by atoms with van der Waals surface area (Å²) in [6.07, 6.45) is 9.69. The number of rotatable bonds is 16. The SMILES string of the molecule is C=CCN(CCCCC)C(=O)C1N(CCCCCCO)C(=O)[C@@H]2[C@H](C(=O)OCC)[C@]3(CC)CCC12O3. The van der Waals surface area contributed by atoms with E-state index in [1.54, 1.807) is 17.9 Å². The Morgan fingerprint density at radius 3 is 2.56 bits per heavy atom. The van der Waals surface area contributed by atoms with Crippen LogP contribution in [0.3, 0.4) is 0 Å². The number of carbonyl (C=O) groups excluding carboxylic acids is 3. The minimum absolute atomic E-state index is 0.103. The third-order valence-corrected chi connectivity index (χ3v) is 8.46. The first-order valence-corrected chi connectivity index (χ1v) is 14.0. The lowest BCUT2D eigenvalue weighted by molar-refractivity contribution is -0.161. The van der Waals surface area contributed by atoms with Crippen LogP contribution in [0.2, 0.25) is 0 Å². The zero-order valence-electron chi connectivity index (χ0n) is 22.5. The first-order valence-electron chi connectivity index (χ1n) is 14.0. The van der Waals surface area contributed by atoms with Crippen molar-refractivity contribution >= 4 is 17.8 Å². The molecule has 0 saturated carbocycles. The molecule has 1 spiro atoms. The van der Waals surface area contributed by atoms with Crippen molar-refractivity contribution in [2.75, 3.05) is 32.8 Å². The van der Waals surface area contributed by atoms with Crippen LogP contribution in [-0.2, 0) is 23.9 Å². The number of hydrogen-bond donors (Lipinski definition) is 1. The minimum Gasteiger partial charge on any atom is -0.466 e. The van der Waals surface area contributed by atoms with E-state index in [1.165, 1.54) is 0 Å². The lowest BCUT2D eigenvalue weighted by Gasteiger charge is -2.37. The Labute approximate surface area is 216 Å². The normalized spacial score (nSPS) is 30.5. The summed E-state index contributed by atoms with van der Waals surface area (Å²) in [4.78, 5) is 44.9. The molecule has 1 N–H and O–H groups in total. The predicted octanol–water partition coefficient (Wildman–Crippen LogP) is 3.46. The molecule has 0 radical (unpaired) electrons. The molecule has 5 atom stereocenters. The van der Waals surface area contributed by atoms with E-state index in [9.17, 15) is 14.4 Å². The van der Waals surface area contributed by atoms with Crippen LogP contribution in [0.5, 0.6) is 0 Å². The van der Waals surface area contributed by atoms with Crippen LogP contribution in [0.15, 0.2) is 12.7 Å². The number of esters is 1. The number of aliphatic hydroxyl groups excluding tert-OH is 1. The molecule has 204 valence electrons. The number of hydrogen-bond acceptors (Lipinski definition) is 6. The highest BCUT2D eigenvalue weighted by Crippen LogP contribution is 2.64. The predicted molar refractivity (Wildman–Crippen MR) is 137 cm³/mol. The van der Waals surface area contributed by atoms with E-state index in [0.29, 0.717) is 38.9 Å². The van der Waals surface area contributed by atoms with Gasteiger partial charge < -0.3 is 24.4 Å². The van der Waals surface area contributed by atoms with Gasteiger partial charge in [0.25, 0.3) is 0 Å². The zero-order valence-corrected chi connectivity index (χ0v) is 22.5. The molecule has 2 amide bonds. The van der Waals surface area contributed by atoms with Crippen LogP contribution in [0.4, 0.5) is 0 Å². The maximum Gasteiger partial charge on any atom is 0.312 e. The quantitative estimate of drug-likeness (QED) is 0.196. The van der Waals surface area contributed by atoms with E-state index in [-0.39, 0.29) is 31.0 Å². The van der Waals surface area contributed by atoms with Gasteiger partial charge in [0.15, 0.2) is 0 Å². The number of nitrogens with zero attached hydrogens (tertiary/aromatic N) is 2. The zero-order chi connectivity index (χ0) is 26.3. The summed E-state index contributed by atoms with van der Waals surface area (Å²) in [5.41, 5.74) is -1.76. The highest BCUT2D eigenvalue weighted by atomic mass is 16.6. The third-order valence-electron chi connectivity index (χ3n) is 8.46. The Morgan fingerprint density at radius 1 is 1.17 bits per heavy atom. The molecule has 3 fully saturated rings. The molecule has 0 aliphatic carbocycles. The van der Waals surface area contributed by atoms with Gasteiger partial charge >= 0.3 is 5.97 Å². The minimum atomic E-state index is -1.00. The van der Waals surface area contributed by atoms with Crippen molar-refractivity contribution in [3.05, 3.63) is 12.7 Å². The Balaban J connectivity index is 1.97. The van der Waals surface area contributed by atoms with E-state index in [2.05, 4.69) is 13.5 Å². The van der Waals surface area contributed by atoms with Crippen LogP contribution in [-0.4, -0.2) is 82.8 Å². The maximum atomic E-state index is 14.2. The van der Waals surface area contributed by atoms with Crippen molar-refractivity contribution in [2.45, 2.75) is 102 Å². The van der Waals surface area contributed by atoms with Gasteiger partial charge in [-0.15, -0.1) is 6.58 Å². The average molecular weight is 507 g/mol. The molecule has 3 saturated heterocycles. The standard InChI is InChI=1S/C28H46N2O6/c1-5-9-12-18-29(17-6-2)25(33)23-28-16-15-27(7-3,36-28)22(26(34)35-8-4)21(28)24(32)30(23)19-13-10-11-14-20-31/h6,21-23,31H,2,5,7-20H2,1,3-4H3/t21-,22+,23?,27-,28?/m0/s1. The Hall–Kier alpha value is -1.93. The molecule has 0 aromatic carbocycles. The molecule has 2 bridgehead atoms. The van der Waals surface area contributed by atoms with Crippen LogP contribution in [0.1, 0.15) is 85.0 Å². The monoisotopic (exact) mass is 506 g/mol. The van der Waals surface area contributed by atoms with Gasteiger partial charge in [0.05, 0.1) is 18.1 Å². The fourth-order valence-electron chi connectivity index (χ4n) is 6.75. The largest absolute Gasteiger partial charge is 0.466 e. The Morgan fingerprint density at radius 2 is 1.92 bits per heavy atom. The fraction of sp³-hybridized carbons (Fsp3) is 0.821. The molecule has 0 aromatic rings. The number of ether oxygens (including phenoxy) is 2. The average Bonchev–Trinajstić information content (AvgIpc) is 3.47. The van der Waals surface area contributed by atoms with Crippen LogP contribution >= 0.6 is 0 Å².